The van der Waals surface area contributed by atoms with Crippen molar-refractivity contribution in [2.24, 2.45) is 5.92 Å². The van der Waals surface area contributed by atoms with Crippen molar-refractivity contribution in [2.75, 3.05) is 0 Å². The Morgan fingerprint density at radius 1 is 0.958 bits per heavy atom. The summed E-state index contributed by atoms with van der Waals surface area (Å²) in [5, 5.41) is 0. The zero-order valence-corrected chi connectivity index (χ0v) is 18.4. The van der Waals surface area contributed by atoms with E-state index in [2.05, 4.69) is 78.0 Å². The van der Waals surface area contributed by atoms with Crippen LogP contribution in [-0.2, 0) is 17.4 Å². The van der Waals surface area contributed by atoms with Gasteiger partial charge in [0, 0.05) is 0 Å². The Morgan fingerprint density at radius 2 is 1.58 bits per heavy atom. The van der Waals surface area contributed by atoms with Gasteiger partial charge in [0.1, 0.15) is 0 Å². The summed E-state index contributed by atoms with van der Waals surface area (Å²) in [5.74, 6) is 0.645. The number of fused-ring (bicyclic) bond motifs is 1. The monoisotopic (exact) mass is 396 g/mol. The van der Waals surface area contributed by atoms with Gasteiger partial charge in [0.2, 0.25) is 0 Å². The zero-order chi connectivity index (χ0) is 16.0. The first-order valence-corrected chi connectivity index (χ1v) is 10.7. The Bertz CT molecular complexity index is 762. The molecule has 24 heavy (non-hydrogen) atoms. The van der Waals surface area contributed by atoms with Crippen LogP contribution in [0.1, 0.15) is 56.9 Å². The molecule has 0 saturated heterocycles. The summed E-state index contributed by atoms with van der Waals surface area (Å²) < 4.78 is 4.16. The van der Waals surface area contributed by atoms with Gasteiger partial charge in [-0.1, -0.05) is 0 Å². The molecule has 3 rings (SSSR count). The second-order valence-electron chi connectivity index (χ2n) is 6.95. The quantitative estimate of drug-likeness (QED) is 0.610. The Morgan fingerprint density at radius 3 is 2.12 bits per heavy atom. The van der Waals surface area contributed by atoms with Gasteiger partial charge in [-0.2, -0.15) is 0 Å². The molecule has 128 valence electrons. The largest absolute Gasteiger partial charge is 1.00 e. The molecular weight excluding hydrogens is 371 g/mol. The van der Waals surface area contributed by atoms with Crippen LogP contribution in [0.4, 0.5) is 0 Å². The molecule has 0 aromatic heterocycles. The Hall–Kier alpha value is -0.396. The molecule has 0 aliphatic heterocycles. The molecule has 2 aliphatic rings. The maximum absolute atomic E-state index is 2.49. The van der Waals surface area contributed by atoms with Crippen LogP contribution in [0.2, 0.25) is 0 Å². The van der Waals surface area contributed by atoms with Gasteiger partial charge in [-0.25, -0.2) is 0 Å². The molecule has 1 aromatic rings. The van der Waals surface area contributed by atoms with Gasteiger partial charge >= 0.3 is 141 Å². The maximum atomic E-state index is 2.49. The van der Waals surface area contributed by atoms with Crippen LogP contribution >= 0.6 is 0 Å². The van der Waals surface area contributed by atoms with Crippen LogP contribution in [0.15, 0.2) is 50.9 Å². The predicted molar refractivity (Wildman–Crippen MR) is 94.8 cm³/mol. The van der Waals surface area contributed by atoms with Crippen molar-refractivity contribution in [3.8, 4) is 0 Å². The van der Waals surface area contributed by atoms with Crippen molar-refractivity contribution in [2.45, 2.75) is 45.8 Å². The van der Waals surface area contributed by atoms with E-state index in [0.29, 0.717) is 10.1 Å². The van der Waals surface area contributed by atoms with Crippen molar-refractivity contribution in [3.05, 3.63) is 62.1 Å². The summed E-state index contributed by atoms with van der Waals surface area (Å²) in [7, 11) is 0. The number of hydrogen-bond donors (Lipinski definition) is 0. The summed E-state index contributed by atoms with van der Waals surface area (Å²) in [5.41, 5.74) is 7.73. The van der Waals surface area contributed by atoms with Gasteiger partial charge in [-0.15, -0.1) is 0 Å². The van der Waals surface area contributed by atoms with Gasteiger partial charge in [0.25, 0.3) is 0 Å². The minimum atomic E-state index is -1.51. The van der Waals surface area contributed by atoms with Gasteiger partial charge in [-0.05, 0) is 0 Å². The number of allylic oxidation sites excluding steroid dienone is 5. The molecule has 0 nitrogen and oxygen atoms in total. The number of halogens is 2. The molecule has 1 aromatic carbocycles. The molecule has 3 heteroatoms. The van der Waals surface area contributed by atoms with E-state index in [1.54, 1.807) is 30.0 Å². The van der Waals surface area contributed by atoms with Crippen LogP contribution in [-0.4, -0.2) is 3.81 Å². The molecule has 0 bridgehead atoms. The smallest absolute Gasteiger partial charge is 1.00 e. The van der Waals surface area contributed by atoms with Crippen LogP contribution < -0.4 is 24.8 Å². The van der Waals surface area contributed by atoms with E-state index < -0.39 is 17.4 Å². The normalized spacial score (nSPS) is 21.0. The van der Waals surface area contributed by atoms with E-state index in [1.807, 2.05) is 0 Å². The molecule has 0 spiro atoms. The average Bonchev–Trinajstić information content (AvgIpc) is 2.99. The number of hydrogen-bond acceptors (Lipinski definition) is 0. The van der Waals surface area contributed by atoms with E-state index >= 15 is 0 Å². The molecule has 0 radical (unpaired) electrons. The molecule has 0 heterocycles. The van der Waals surface area contributed by atoms with Crippen LogP contribution in [0, 0.1) is 5.92 Å². The first-order chi connectivity index (χ1) is 10.4. The second kappa shape index (κ2) is 8.32. The molecule has 0 saturated carbocycles. The van der Waals surface area contributed by atoms with E-state index in [1.165, 1.54) is 5.56 Å². The zero-order valence-electron chi connectivity index (χ0n) is 15.4. The van der Waals surface area contributed by atoms with Crippen molar-refractivity contribution in [3.63, 3.8) is 0 Å². The minimum absolute atomic E-state index is 0. The van der Waals surface area contributed by atoms with Gasteiger partial charge in [0.05, 0.1) is 0 Å². The minimum Gasteiger partial charge on any atom is -1.00 e. The summed E-state index contributed by atoms with van der Waals surface area (Å²) in [6, 6.07) is 8.97. The maximum Gasteiger partial charge on any atom is -1.00 e. The Labute approximate surface area is 165 Å². The summed E-state index contributed by atoms with van der Waals surface area (Å²) in [6.45, 7) is 14.2. The first kappa shape index (κ1) is 21.6. The standard InChI is InChI=1S/C9H7.C9H13.C3H6.2ClH.Ti/c1-2-5-9-7-3-6-8(9)4-1;1-6-5-7(2)9(4)8(6)3;1-3-2;;;/h1-7H;6H,1-4H3;1-2H3;2*1H;/q;;;;;+2/p-2. The van der Waals surface area contributed by atoms with Crippen molar-refractivity contribution in [1.82, 2.24) is 0 Å². The fourth-order valence-electron chi connectivity index (χ4n) is 4.05. The van der Waals surface area contributed by atoms with Gasteiger partial charge in [-0.3, -0.25) is 0 Å². The van der Waals surface area contributed by atoms with Crippen molar-refractivity contribution < 1.29 is 42.2 Å². The molecule has 2 aliphatic carbocycles. The van der Waals surface area contributed by atoms with E-state index in [0.717, 1.165) is 0 Å². The summed E-state index contributed by atoms with van der Waals surface area (Å²) in [4.78, 5) is 0. The SMILES string of the molecule is CC1=C(C)C(C)[C]([Ti+2](=[C](C)C)[CH]2C=Cc3ccccc32)=C1C.[Cl-].[Cl-]. The molecule has 0 fully saturated rings. The fourth-order valence-corrected chi connectivity index (χ4v) is 9.72. The molecule has 0 N–H and O–H groups in total. The molecule has 0 amide bonds. The van der Waals surface area contributed by atoms with Gasteiger partial charge < -0.3 is 24.8 Å². The Kier molecular flexibility index (Phi) is 7.51. The van der Waals surface area contributed by atoms with E-state index in [9.17, 15) is 0 Å². The third-order valence-corrected chi connectivity index (χ3v) is 11.2. The predicted octanol–water partition coefficient (Wildman–Crippen LogP) is -0.147. The topological polar surface area (TPSA) is 0 Å². The van der Waals surface area contributed by atoms with E-state index in [-0.39, 0.29) is 24.8 Å². The van der Waals surface area contributed by atoms with Gasteiger partial charge in [0.15, 0.2) is 0 Å². The Balaban J connectivity index is 0.00000144. The third-order valence-electron chi connectivity index (χ3n) is 5.58. The van der Waals surface area contributed by atoms with Crippen molar-refractivity contribution >= 4 is 9.89 Å². The van der Waals surface area contributed by atoms with Crippen LogP contribution in [0.25, 0.3) is 6.08 Å². The molecular formula is C21H26Cl2Ti. The fraction of sp³-hybridized carbons (Fsp3) is 0.381. The number of rotatable bonds is 2. The van der Waals surface area contributed by atoms with E-state index in [4.69, 9.17) is 0 Å². The summed E-state index contributed by atoms with van der Waals surface area (Å²) >= 11 is -1.51. The summed E-state index contributed by atoms with van der Waals surface area (Å²) in [6.07, 6.45) is 4.83. The van der Waals surface area contributed by atoms with Crippen LogP contribution in [0.3, 0.4) is 0 Å². The second-order valence-corrected chi connectivity index (χ2v) is 11.6. The average molecular weight is 397 g/mol. The van der Waals surface area contributed by atoms with Crippen molar-refractivity contribution in [1.29, 1.82) is 0 Å². The van der Waals surface area contributed by atoms with Crippen LogP contribution in [0.5, 0.6) is 0 Å². The first-order valence-electron chi connectivity index (χ1n) is 8.26. The third kappa shape index (κ3) is 3.44. The molecule has 2 unspecified atom stereocenters. The molecule has 2 atom stereocenters. The number of benzene rings is 1.